The van der Waals surface area contributed by atoms with E-state index in [1.807, 2.05) is 24.3 Å². The molecular weight excluding hydrogens is 202 g/mol. The third-order valence-corrected chi connectivity index (χ3v) is 2.92. The van der Waals surface area contributed by atoms with Crippen molar-refractivity contribution in [2.75, 3.05) is 6.61 Å². The molecule has 3 heteroatoms. The van der Waals surface area contributed by atoms with Crippen LogP contribution in [-0.4, -0.2) is 17.9 Å². The molecule has 0 spiro atoms. The van der Waals surface area contributed by atoms with E-state index in [-0.39, 0.29) is 0 Å². The van der Waals surface area contributed by atoms with E-state index in [4.69, 9.17) is 4.74 Å². The molecule has 1 N–H and O–H groups in total. The monoisotopic (exact) mass is 215 g/mol. The summed E-state index contributed by atoms with van der Waals surface area (Å²) in [5, 5.41) is 1.02. The summed E-state index contributed by atoms with van der Waals surface area (Å²) in [5.41, 5.74) is 1.58. The Hall–Kier alpha value is -1.77. The minimum absolute atomic E-state index is 0.606. The first-order valence-corrected chi connectivity index (χ1v) is 5.56. The molecule has 3 rings (SSSR count). The molecule has 3 nitrogen and oxygen atoms in total. The van der Waals surface area contributed by atoms with E-state index < -0.39 is 0 Å². The SMILES string of the molecule is O=Cc1cc2cc(OCC3CC3)ccc2[nH]1. The molecule has 0 bridgehead atoms. The first-order chi connectivity index (χ1) is 7.85. The normalized spacial score (nSPS) is 15.2. The first-order valence-electron chi connectivity index (χ1n) is 5.56. The smallest absolute Gasteiger partial charge is 0.166 e. The van der Waals surface area contributed by atoms with Crippen LogP contribution in [0, 0.1) is 5.92 Å². The zero-order valence-electron chi connectivity index (χ0n) is 8.90. The van der Waals surface area contributed by atoms with E-state index in [1.54, 1.807) is 0 Å². The van der Waals surface area contributed by atoms with Gasteiger partial charge in [-0.3, -0.25) is 4.79 Å². The maximum absolute atomic E-state index is 10.6. The van der Waals surface area contributed by atoms with Crippen LogP contribution in [-0.2, 0) is 0 Å². The zero-order chi connectivity index (χ0) is 11.0. The molecule has 0 radical (unpaired) electrons. The van der Waals surface area contributed by atoms with Crippen molar-refractivity contribution in [2.24, 2.45) is 5.92 Å². The van der Waals surface area contributed by atoms with Crippen molar-refractivity contribution in [3.63, 3.8) is 0 Å². The standard InChI is InChI=1S/C13H13NO2/c15-7-11-5-10-6-12(3-4-13(10)14-11)16-8-9-1-2-9/h3-7,9,14H,1-2,8H2. The van der Waals surface area contributed by atoms with Crippen LogP contribution in [0.25, 0.3) is 10.9 Å². The highest BCUT2D eigenvalue weighted by Gasteiger charge is 2.21. The molecule has 0 saturated heterocycles. The fraction of sp³-hybridized carbons (Fsp3) is 0.308. The second kappa shape index (κ2) is 3.67. The van der Waals surface area contributed by atoms with Crippen molar-refractivity contribution in [3.8, 4) is 5.75 Å². The van der Waals surface area contributed by atoms with E-state index >= 15 is 0 Å². The van der Waals surface area contributed by atoms with Gasteiger partial charge < -0.3 is 9.72 Å². The number of benzene rings is 1. The Morgan fingerprint density at radius 2 is 2.25 bits per heavy atom. The predicted molar refractivity (Wildman–Crippen MR) is 61.9 cm³/mol. The van der Waals surface area contributed by atoms with Crippen LogP contribution in [0.4, 0.5) is 0 Å². The van der Waals surface area contributed by atoms with E-state index in [9.17, 15) is 4.79 Å². The maximum Gasteiger partial charge on any atom is 0.166 e. The highest BCUT2D eigenvalue weighted by Crippen LogP contribution is 2.30. The molecule has 1 saturated carbocycles. The molecule has 1 aliphatic carbocycles. The lowest BCUT2D eigenvalue weighted by molar-refractivity contribution is 0.112. The molecule has 1 aromatic carbocycles. The van der Waals surface area contributed by atoms with Gasteiger partial charge in [0, 0.05) is 10.9 Å². The third kappa shape index (κ3) is 1.81. The number of aldehydes is 1. The zero-order valence-corrected chi connectivity index (χ0v) is 8.90. The van der Waals surface area contributed by atoms with E-state index in [1.165, 1.54) is 12.8 Å². The fourth-order valence-electron chi connectivity index (χ4n) is 1.79. The Morgan fingerprint density at radius 3 is 3.00 bits per heavy atom. The highest BCUT2D eigenvalue weighted by atomic mass is 16.5. The Balaban J connectivity index is 1.85. The van der Waals surface area contributed by atoms with Gasteiger partial charge in [0.25, 0.3) is 0 Å². The minimum atomic E-state index is 0.606. The van der Waals surface area contributed by atoms with Crippen LogP contribution in [0.1, 0.15) is 23.3 Å². The van der Waals surface area contributed by atoms with Gasteiger partial charge in [0.1, 0.15) is 5.75 Å². The van der Waals surface area contributed by atoms with Gasteiger partial charge in [0.2, 0.25) is 0 Å². The number of fused-ring (bicyclic) bond motifs is 1. The Bertz CT molecular complexity index is 526. The molecule has 82 valence electrons. The second-order valence-corrected chi connectivity index (χ2v) is 4.35. The number of nitrogens with one attached hydrogen (secondary N) is 1. The van der Waals surface area contributed by atoms with Crippen molar-refractivity contribution in [2.45, 2.75) is 12.8 Å². The number of hydrogen-bond donors (Lipinski definition) is 1. The largest absolute Gasteiger partial charge is 0.493 e. The number of hydrogen-bond acceptors (Lipinski definition) is 2. The van der Waals surface area contributed by atoms with Crippen molar-refractivity contribution in [3.05, 3.63) is 30.0 Å². The summed E-state index contributed by atoms with van der Waals surface area (Å²) in [4.78, 5) is 13.6. The molecule has 2 aromatic rings. The van der Waals surface area contributed by atoms with Gasteiger partial charge in [-0.05, 0) is 43.0 Å². The van der Waals surface area contributed by atoms with Crippen LogP contribution < -0.4 is 4.74 Å². The number of carbonyl (C=O) groups excluding carboxylic acids is 1. The average Bonchev–Trinajstić information content (AvgIpc) is 3.04. The Morgan fingerprint density at radius 1 is 1.38 bits per heavy atom. The van der Waals surface area contributed by atoms with Gasteiger partial charge in [-0.2, -0.15) is 0 Å². The summed E-state index contributed by atoms with van der Waals surface area (Å²) in [6, 6.07) is 7.70. The van der Waals surface area contributed by atoms with Crippen molar-refractivity contribution in [1.82, 2.24) is 4.98 Å². The van der Waals surface area contributed by atoms with Gasteiger partial charge in [0.15, 0.2) is 6.29 Å². The summed E-state index contributed by atoms with van der Waals surface area (Å²) < 4.78 is 5.68. The van der Waals surface area contributed by atoms with Crippen molar-refractivity contribution < 1.29 is 9.53 Å². The number of rotatable bonds is 4. The van der Waals surface area contributed by atoms with Crippen LogP contribution in [0.3, 0.4) is 0 Å². The maximum atomic E-state index is 10.6. The van der Waals surface area contributed by atoms with Crippen molar-refractivity contribution in [1.29, 1.82) is 0 Å². The summed E-state index contributed by atoms with van der Waals surface area (Å²) in [6.45, 7) is 0.816. The van der Waals surface area contributed by atoms with Gasteiger partial charge in [-0.25, -0.2) is 0 Å². The topological polar surface area (TPSA) is 42.1 Å². The van der Waals surface area contributed by atoms with Gasteiger partial charge in [-0.1, -0.05) is 0 Å². The number of carbonyl (C=O) groups is 1. The van der Waals surface area contributed by atoms with Crippen LogP contribution in [0.15, 0.2) is 24.3 Å². The number of ether oxygens (including phenoxy) is 1. The van der Waals surface area contributed by atoms with Gasteiger partial charge in [0.05, 0.1) is 12.3 Å². The lowest BCUT2D eigenvalue weighted by Crippen LogP contribution is -1.98. The summed E-state index contributed by atoms with van der Waals surface area (Å²) in [5.74, 6) is 1.64. The van der Waals surface area contributed by atoms with Crippen LogP contribution in [0.2, 0.25) is 0 Å². The summed E-state index contributed by atoms with van der Waals surface area (Å²) in [7, 11) is 0. The molecule has 0 amide bonds. The molecule has 16 heavy (non-hydrogen) atoms. The molecule has 0 atom stereocenters. The first kappa shape index (κ1) is 9.46. The number of aromatic nitrogens is 1. The fourth-order valence-corrected chi connectivity index (χ4v) is 1.79. The molecular formula is C13H13NO2. The predicted octanol–water partition coefficient (Wildman–Crippen LogP) is 2.77. The lowest BCUT2D eigenvalue weighted by Gasteiger charge is -2.04. The van der Waals surface area contributed by atoms with Crippen molar-refractivity contribution >= 4 is 17.2 Å². The quantitative estimate of drug-likeness (QED) is 0.797. The average molecular weight is 215 g/mol. The lowest BCUT2D eigenvalue weighted by atomic mass is 10.2. The number of aromatic amines is 1. The third-order valence-electron chi connectivity index (χ3n) is 2.92. The molecule has 1 aliphatic rings. The van der Waals surface area contributed by atoms with E-state index in [0.29, 0.717) is 5.69 Å². The molecule has 0 unspecified atom stereocenters. The minimum Gasteiger partial charge on any atom is -0.493 e. The van der Waals surface area contributed by atoms with Crippen LogP contribution in [0.5, 0.6) is 5.75 Å². The van der Waals surface area contributed by atoms with Crippen LogP contribution >= 0.6 is 0 Å². The number of H-pyrrole nitrogens is 1. The van der Waals surface area contributed by atoms with E-state index in [0.717, 1.165) is 35.5 Å². The molecule has 1 fully saturated rings. The van der Waals surface area contributed by atoms with E-state index in [2.05, 4.69) is 4.98 Å². The Kier molecular flexibility index (Phi) is 2.17. The molecule has 0 aliphatic heterocycles. The molecule has 1 aromatic heterocycles. The van der Waals surface area contributed by atoms with Gasteiger partial charge >= 0.3 is 0 Å². The summed E-state index contributed by atoms with van der Waals surface area (Å²) in [6.07, 6.45) is 3.41. The molecule has 1 heterocycles. The Labute approximate surface area is 93.4 Å². The van der Waals surface area contributed by atoms with Gasteiger partial charge in [-0.15, -0.1) is 0 Å². The highest BCUT2D eigenvalue weighted by molar-refractivity contribution is 5.88. The summed E-state index contributed by atoms with van der Waals surface area (Å²) >= 11 is 0. The second-order valence-electron chi connectivity index (χ2n) is 4.35.